The van der Waals surface area contributed by atoms with Crippen molar-refractivity contribution in [2.24, 2.45) is 5.73 Å². The molecule has 0 aliphatic carbocycles. The third-order valence-electron chi connectivity index (χ3n) is 4.10. The van der Waals surface area contributed by atoms with Gasteiger partial charge < -0.3 is 10.6 Å². The van der Waals surface area contributed by atoms with Gasteiger partial charge in [0.25, 0.3) is 0 Å². The van der Waals surface area contributed by atoms with E-state index in [0.717, 1.165) is 23.6 Å². The van der Waals surface area contributed by atoms with Crippen LogP contribution in [0.25, 0.3) is 0 Å². The molecule has 0 bridgehead atoms. The van der Waals surface area contributed by atoms with E-state index >= 15 is 0 Å². The molecule has 1 amide bonds. The number of likely N-dealkylation sites (N-methyl/N-ethyl adjacent to an activating group) is 1. The Labute approximate surface area is 154 Å². The molecular formula is C15H23Cl2N3O3S. The molecule has 0 spiro atoms. The molecule has 6 nitrogen and oxygen atoms in total. The van der Waals surface area contributed by atoms with Crippen LogP contribution in [0.2, 0.25) is 5.02 Å². The van der Waals surface area contributed by atoms with Crippen molar-refractivity contribution in [3.63, 3.8) is 0 Å². The molecule has 1 aromatic rings. The van der Waals surface area contributed by atoms with E-state index in [9.17, 15) is 13.2 Å². The van der Waals surface area contributed by atoms with Crippen LogP contribution in [0.3, 0.4) is 0 Å². The van der Waals surface area contributed by atoms with Gasteiger partial charge in [-0.2, -0.15) is 4.31 Å². The van der Waals surface area contributed by atoms with Gasteiger partial charge in [-0.3, -0.25) is 4.79 Å². The van der Waals surface area contributed by atoms with Gasteiger partial charge in [0.2, 0.25) is 15.9 Å². The fourth-order valence-electron chi connectivity index (χ4n) is 2.73. The van der Waals surface area contributed by atoms with Crippen molar-refractivity contribution in [2.45, 2.75) is 30.2 Å². The van der Waals surface area contributed by atoms with Crippen LogP contribution in [0, 0.1) is 0 Å². The largest absolute Gasteiger partial charge is 0.337 e. The number of likely N-dealkylation sites (tertiary alicyclic amines) is 1. The summed E-state index contributed by atoms with van der Waals surface area (Å²) >= 11 is 5.78. The summed E-state index contributed by atoms with van der Waals surface area (Å²) in [5.74, 6) is -0.208. The average molecular weight is 396 g/mol. The van der Waals surface area contributed by atoms with E-state index in [1.54, 1.807) is 4.90 Å². The van der Waals surface area contributed by atoms with Gasteiger partial charge in [0.15, 0.2) is 0 Å². The highest BCUT2D eigenvalue weighted by molar-refractivity contribution is 7.89. The Morgan fingerprint density at radius 3 is 2.54 bits per heavy atom. The minimum Gasteiger partial charge on any atom is -0.337 e. The van der Waals surface area contributed by atoms with E-state index in [-0.39, 0.29) is 35.8 Å². The fourth-order valence-corrected chi connectivity index (χ4v) is 3.97. The standard InChI is InChI=1S/C15H22ClN3O3S.ClH/c1-18(23(21,22)14-7-5-12(16)6-8-14)11-15(20)19-9-3-2-4-13(19)10-17;/h5-8,13H,2-4,9-11,17H2,1H3;1H. The van der Waals surface area contributed by atoms with Crippen LogP contribution in [-0.4, -0.2) is 56.3 Å². The van der Waals surface area contributed by atoms with Crippen molar-refractivity contribution in [1.29, 1.82) is 0 Å². The molecule has 0 saturated carbocycles. The van der Waals surface area contributed by atoms with Crippen LogP contribution in [0.5, 0.6) is 0 Å². The Kier molecular flexibility index (Phi) is 7.95. The Balaban J connectivity index is 0.00000288. The molecule has 1 aliphatic rings. The lowest BCUT2D eigenvalue weighted by Crippen LogP contribution is -2.50. The molecule has 9 heteroatoms. The smallest absolute Gasteiger partial charge is 0.243 e. The topological polar surface area (TPSA) is 83.7 Å². The summed E-state index contributed by atoms with van der Waals surface area (Å²) in [6.07, 6.45) is 2.84. The Morgan fingerprint density at radius 2 is 1.96 bits per heavy atom. The summed E-state index contributed by atoms with van der Waals surface area (Å²) in [7, 11) is -2.31. The lowest BCUT2D eigenvalue weighted by molar-refractivity contribution is -0.134. The van der Waals surface area contributed by atoms with Gasteiger partial charge in [0.1, 0.15) is 0 Å². The van der Waals surface area contributed by atoms with Crippen LogP contribution in [0.15, 0.2) is 29.2 Å². The van der Waals surface area contributed by atoms with Crippen LogP contribution in [-0.2, 0) is 14.8 Å². The SMILES string of the molecule is CN(CC(=O)N1CCCCC1CN)S(=O)(=O)c1ccc(Cl)cc1.Cl. The van der Waals surface area contributed by atoms with Crippen molar-refractivity contribution in [1.82, 2.24) is 9.21 Å². The van der Waals surface area contributed by atoms with E-state index in [2.05, 4.69) is 0 Å². The number of piperidine rings is 1. The van der Waals surface area contributed by atoms with Crippen LogP contribution < -0.4 is 5.73 Å². The van der Waals surface area contributed by atoms with E-state index in [4.69, 9.17) is 17.3 Å². The number of hydrogen-bond acceptors (Lipinski definition) is 4. The number of halogens is 2. The van der Waals surface area contributed by atoms with Crippen molar-refractivity contribution < 1.29 is 13.2 Å². The molecule has 1 fully saturated rings. The van der Waals surface area contributed by atoms with Gasteiger partial charge in [-0.05, 0) is 43.5 Å². The van der Waals surface area contributed by atoms with Crippen molar-refractivity contribution in [2.75, 3.05) is 26.7 Å². The monoisotopic (exact) mass is 395 g/mol. The summed E-state index contributed by atoms with van der Waals surface area (Å²) in [6, 6.07) is 5.89. The maximum Gasteiger partial charge on any atom is 0.243 e. The number of sulfonamides is 1. The number of nitrogens with zero attached hydrogens (tertiary/aromatic N) is 2. The zero-order valence-corrected chi connectivity index (χ0v) is 15.9. The average Bonchev–Trinajstić information content (AvgIpc) is 2.55. The van der Waals surface area contributed by atoms with E-state index in [1.807, 2.05) is 0 Å². The molecule has 1 aromatic carbocycles. The number of benzene rings is 1. The second-order valence-corrected chi connectivity index (χ2v) is 8.17. The summed E-state index contributed by atoms with van der Waals surface area (Å²) < 4.78 is 26.1. The molecule has 1 atom stereocenters. The number of rotatable bonds is 5. The first-order chi connectivity index (χ1) is 10.9. The minimum absolute atomic E-state index is 0. The van der Waals surface area contributed by atoms with Gasteiger partial charge in [0.05, 0.1) is 11.4 Å². The van der Waals surface area contributed by atoms with Crippen molar-refractivity contribution in [3.8, 4) is 0 Å². The predicted octanol–water partition coefficient (Wildman–Crippen LogP) is 1.72. The maximum atomic E-state index is 12.5. The normalized spacial score (nSPS) is 18.3. The minimum atomic E-state index is -3.72. The number of amides is 1. The summed E-state index contributed by atoms with van der Waals surface area (Å²) in [5, 5.41) is 0.460. The third kappa shape index (κ3) is 4.83. The number of carbonyl (C=O) groups is 1. The second kappa shape index (κ2) is 9.01. The zero-order chi connectivity index (χ0) is 17.0. The number of hydrogen-bond donors (Lipinski definition) is 1. The predicted molar refractivity (Wildman–Crippen MR) is 96.9 cm³/mol. The highest BCUT2D eigenvalue weighted by atomic mass is 35.5. The van der Waals surface area contributed by atoms with Crippen molar-refractivity contribution >= 4 is 39.9 Å². The summed E-state index contributed by atoms with van der Waals surface area (Å²) in [5.41, 5.74) is 5.72. The van der Waals surface area contributed by atoms with Gasteiger partial charge in [0, 0.05) is 31.2 Å². The Bertz CT molecular complexity index is 652. The molecule has 1 saturated heterocycles. The molecular weight excluding hydrogens is 373 g/mol. The molecule has 0 aromatic heterocycles. The molecule has 1 unspecified atom stereocenters. The number of carbonyl (C=O) groups excluding carboxylic acids is 1. The van der Waals surface area contributed by atoms with E-state index in [0.29, 0.717) is 18.1 Å². The molecule has 0 radical (unpaired) electrons. The van der Waals surface area contributed by atoms with Crippen molar-refractivity contribution in [3.05, 3.63) is 29.3 Å². The third-order valence-corrected chi connectivity index (χ3v) is 6.17. The molecule has 136 valence electrons. The fraction of sp³-hybridized carbons (Fsp3) is 0.533. The number of nitrogens with two attached hydrogens (primary N) is 1. The first kappa shape index (κ1) is 21.2. The van der Waals surface area contributed by atoms with Gasteiger partial charge in [-0.1, -0.05) is 11.6 Å². The van der Waals surface area contributed by atoms with Gasteiger partial charge in [-0.15, -0.1) is 12.4 Å². The van der Waals surface area contributed by atoms with Gasteiger partial charge in [-0.25, -0.2) is 8.42 Å². The quantitative estimate of drug-likeness (QED) is 0.822. The Hall–Kier alpha value is -0.860. The zero-order valence-electron chi connectivity index (χ0n) is 13.5. The van der Waals surface area contributed by atoms with Crippen LogP contribution >= 0.6 is 24.0 Å². The molecule has 1 aliphatic heterocycles. The first-order valence-corrected chi connectivity index (χ1v) is 9.39. The van der Waals surface area contributed by atoms with Crippen LogP contribution in [0.4, 0.5) is 0 Å². The highest BCUT2D eigenvalue weighted by Gasteiger charge is 2.29. The summed E-state index contributed by atoms with van der Waals surface area (Å²) in [6.45, 7) is 0.844. The summed E-state index contributed by atoms with van der Waals surface area (Å²) in [4.78, 5) is 14.3. The Morgan fingerprint density at radius 1 is 1.33 bits per heavy atom. The molecule has 2 N–H and O–H groups in total. The lowest BCUT2D eigenvalue weighted by atomic mass is 10.0. The van der Waals surface area contributed by atoms with E-state index in [1.165, 1.54) is 31.3 Å². The molecule has 24 heavy (non-hydrogen) atoms. The molecule has 1 heterocycles. The van der Waals surface area contributed by atoms with E-state index < -0.39 is 10.0 Å². The first-order valence-electron chi connectivity index (χ1n) is 7.57. The molecule has 2 rings (SSSR count). The van der Waals surface area contributed by atoms with Crippen LogP contribution in [0.1, 0.15) is 19.3 Å². The lowest BCUT2D eigenvalue weighted by Gasteiger charge is -2.35. The second-order valence-electron chi connectivity index (χ2n) is 5.69. The van der Waals surface area contributed by atoms with Gasteiger partial charge >= 0.3 is 0 Å². The highest BCUT2D eigenvalue weighted by Crippen LogP contribution is 2.19. The maximum absolute atomic E-state index is 12.5.